The molecule has 1 amide bonds. The monoisotopic (exact) mass is 352 g/mol. The van der Waals surface area contributed by atoms with Crippen molar-refractivity contribution in [1.29, 1.82) is 0 Å². The molecule has 136 valence electrons. The maximum Gasteiger partial charge on any atom is 0.243 e. The molecule has 5 nitrogen and oxygen atoms in total. The van der Waals surface area contributed by atoms with Crippen LogP contribution in [0.3, 0.4) is 0 Å². The molecule has 0 radical (unpaired) electrons. The zero-order chi connectivity index (χ0) is 18.7. The van der Waals surface area contributed by atoms with Crippen LogP contribution in [0.25, 0.3) is 10.9 Å². The molecule has 1 aromatic heterocycles. The van der Waals surface area contributed by atoms with Gasteiger partial charge in [-0.3, -0.25) is 4.79 Å². The SMILES string of the molecule is CC1=CC(/C=C/C(=O)NCCc2c[nH]c3ccc(O)cc23)C(C)C=C1O. The second-order valence-electron chi connectivity index (χ2n) is 6.78. The minimum absolute atomic E-state index is 0.105. The summed E-state index contributed by atoms with van der Waals surface area (Å²) in [5, 5.41) is 23.2. The number of amides is 1. The van der Waals surface area contributed by atoms with Gasteiger partial charge in [-0.15, -0.1) is 0 Å². The number of hydrogen-bond donors (Lipinski definition) is 4. The highest BCUT2D eigenvalue weighted by Crippen LogP contribution is 2.27. The number of allylic oxidation sites excluding steroid dienone is 4. The fraction of sp³-hybridized carbons (Fsp3) is 0.286. The largest absolute Gasteiger partial charge is 0.508 e. The molecule has 0 bridgehead atoms. The van der Waals surface area contributed by atoms with Gasteiger partial charge in [0.1, 0.15) is 11.5 Å². The molecule has 0 saturated heterocycles. The van der Waals surface area contributed by atoms with Crippen LogP contribution < -0.4 is 5.32 Å². The van der Waals surface area contributed by atoms with Crippen LogP contribution in [0.4, 0.5) is 0 Å². The van der Waals surface area contributed by atoms with Crippen LogP contribution in [-0.4, -0.2) is 27.6 Å². The predicted octanol–water partition coefficient (Wildman–Crippen LogP) is 3.74. The topological polar surface area (TPSA) is 85.4 Å². The molecule has 1 aliphatic rings. The Labute approximate surface area is 152 Å². The summed E-state index contributed by atoms with van der Waals surface area (Å²) in [7, 11) is 0. The fourth-order valence-electron chi connectivity index (χ4n) is 3.20. The van der Waals surface area contributed by atoms with Crippen molar-refractivity contribution in [2.24, 2.45) is 11.8 Å². The van der Waals surface area contributed by atoms with E-state index in [-0.39, 0.29) is 23.5 Å². The molecule has 0 saturated carbocycles. The van der Waals surface area contributed by atoms with Crippen LogP contribution >= 0.6 is 0 Å². The zero-order valence-corrected chi connectivity index (χ0v) is 15.0. The number of carbonyl (C=O) groups excluding carboxylic acids is 1. The van der Waals surface area contributed by atoms with Crippen molar-refractivity contribution in [2.45, 2.75) is 20.3 Å². The zero-order valence-electron chi connectivity index (χ0n) is 15.0. The Bertz CT molecular complexity index is 905. The summed E-state index contributed by atoms with van der Waals surface area (Å²) in [6, 6.07) is 5.21. The van der Waals surface area contributed by atoms with Crippen LogP contribution in [0.2, 0.25) is 0 Å². The van der Waals surface area contributed by atoms with E-state index in [2.05, 4.69) is 10.3 Å². The minimum atomic E-state index is -0.135. The van der Waals surface area contributed by atoms with Gasteiger partial charge >= 0.3 is 0 Å². The van der Waals surface area contributed by atoms with Gasteiger partial charge in [0.2, 0.25) is 5.91 Å². The average Bonchev–Trinajstić information content (AvgIpc) is 2.99. The van der Waals surface area contributed by atoms with E-state index in [0.717, 1.165) is 22.0 Å². The molecule has 2 aromatic rings. The lowest BCUT2D eigenvalue weighted by Crippen LogP contribution is -2.24. The number of nitrogens with one attached hydrogen (secondary N) is 2. The number of aromatic nitrogens is 1. The smallest absolute Gasteiger partial charge is 0.243 e. The number of phenolic OH excluding ortho intramolecular Hbond substituents is 1. The van der Waals surface area contributed by atoms with E-state index < -0.39 is 0 Å². The highest BCUT2D eigenvalue weighted by molar-refractivity contribution is 5.88. The first-order valence-electron chi connectivity index (χ1n) is 8.78. The van der Waals surface area contributed by atoms with Gasteiger partial charge in [-0.05, 0) is 60.8 Å². The van der Waals surface area contributed by atoms with Crippen molar-refractivity contribution >= 4 is 16.8 Å². The van der Waals surface area contributed by atoms with Crippen LogP contribution in [0.1, 0.15) is 19.4 Å². The lowest BCUT2D eigenvalue weighted by Gasteiger charge is -2.20. The number of rotatable bonds is 5. The number of fused-ring (bicyclic) bond motifs is 1. The van der Waals surface area contributed by atoms with Crippen molar-refractivity contribution in [3.8, 4) is 5.75 Å². The second-order valence-corrected chi connectivity index (χ2v) is 6.78. The Balaban J connectivity index is 1.53. The van der Waals surface area contributed by atoms with E-state index >= 15 is 0 Å². The number of phenols is 1. The van der Waals surface area contributed by atoms with Crippen LogP contribution in [0.5, 0.6) is 5.75 Å². The Morgan fingerprint density at radius 1 is 1.31 bits per heavy atom. The van der Waals surface area contributed by atoms with E-state index in [9.17, 15) is 15.0 Å². The Kier molecular flexibility index (Phi) is 5.16. The molecular weight excluding hydrogens is 328 g/mol. The average molecular weight is 352 g/mol. The predicted molar refractivity (Wildman–Crippen MR) is 103 cm³/mol. The molecule has 2 atom stereocenters. The third kappa shape index (κ3) is 3.99. The summed E-state index contributed by atoms with van der Waals surface area (Å²) < 4.78 is 0. The molecule has 0 spiro atoms. The van der Waals surface area contributed by atoms with Gasteiger partial charge < -0.3 is 20.5 Å². The number of aromatic hydroxyl groups is 1. The van der Waals surface area contributed by atoms with E-state index in [1.807, 2.05) is 44.3 Å². The number of hydrogen-bond acceptors (Lipinski definition) is 3. The third-order valence-electron chi connectivity index (χ3n) is 4.79. The minimum Gasteiger partial charge on any atom is -0.508 e. The van der Waals surface area contributed by atoms with Crippen molar-refractivity contribution < 1.29 is 15.0 Å². The highest BCUT2D eigenvalue weighted by atomic mass is 16.3. The van der Waals surface area contributed by atoms with Gasteiger partial charge in [0.15, 0.2) is 0 Å². The van der Waals surface area contributed by atoms with Gasteiger partial charge in [-0.1, -0.05) is 19.1 Å². The normalized spacial score (nSPS) is 20.2. The van der Waals surface area contributed by atoms with E-state index in [1.54, 1.807) is 18.2 Å². The molecule has 5 heteroatoms. The van der Waals surface area contributed by atoms with Gasteiger partial charge in [0.25, 0.3) is 0 Å². The lowest BCUT2D eigenvalue weighted by molar-refractivity contribution is -0.116. The maximum atomic E-state index is 12.1. The summed E-state index contributed by atoms with van der Waals surface area (Å²) in [6.07, 6.45) is 9.80. The Morgan fingerprint density at radius 2 is 2.12 bits per heavy atom. The van der Waals surface area contributed by atoms with E-state index in [1.165, 1.54) is 0 Å². The van der Waals surface area contributed by atoms with Crippen LogP contribution in [0, 0.1) is 11.8 Å². The van der Waals surface area contributed by atoms with Crippen LogP contribution in [0.15, 0.2) is 60.0 Å². The standard InChI is InChI=1S/C21H24N2O3/c1-13-10-20(25)14(2)9-15(13)3-6-21(26)22-8-7-16-12-23-19-5-4-17(24)11-18(16)19/h3-6,9-13,15,23-25H,7-8H2,1-2H3,(H,22,26)/b6-3+. The maximum absolute atomic E-state index is 12.1. The summed E-state index contributed by atoms with van der Waals surface area (Å²) in [5.74, 6) is 0.673. The first-order chi connectivity index (χ1) is 12.4. The molecule has 1 aliphatic carbocycles. The van der Waals surface area contributed by atoms with Crippen LogP contribution in [-0.2, 0) is 11.2 Å². The van der Waals surface area contributed by atoms with Gasteiger partial charge in [0, 0.05) is 29.6 Å². The van der Waals surface area contributed by atoms with E-state index in [4.69, 9.17) is 0 Å². The summed E-state index contributed by atoms with van der Waals surface area (Å²) in [6.45, 7) is 4.39. The molecule has 0 aliphatic heterocycles. The summed E-state index contributed by atoms with van der Waals surface area (Å²) in [4.78, 5) is 15.2. The number of aliphatic hydroxyl groups is 1. The first kappa shape index (κ1) is 17.9. The Morgan fingerprint density at radius 3 is 2.92 bits per heavy atom. The molecular formula is C21H24N2O3. The number of H-pyrrole nitrogens is 1. The van der Waals surface area contributed by atoms with Crippen molar-refractivity contribution in [1.82, 2.24) is 10.3 Å². The molecule has 3 rings (SSSR count). The van der Waals surface area contributed by atoms with Gasteiger partial charge in [0.05, 0.1) is 0 Å². The number of aliphatic hydroxyl groups excluding tert-OH is 1. The Hall–Kier alpha value is -2.95. The van der Waals surface area contributed by atoms with Crippen molar-refractivity contribution in [3.05, 3.63) is 65.6 Å². The second kappa shape index (κ2) is 7.52. The number of aromatic amines is 1. The molecule has 0 fully saturated rings. The first-order valence-corrected chi connectivity index (χ1v) is 8.78. The third-order valence-corrected chi connectivity index (χ3v) is 4.79. The van der Waals surface area contributed by atoms with Crippen molar-refractivity contribution in [3.63, 3.8) is 0 Å². The van der Waals surface area contributed by atoms with Crippen molar-refractivity contribution in [2.75, 3.05) is 6.54 Å². The lowest BCUT2D eigenvalue weighted by atomic mass is 9.86. The van der Waals surface area contributed by atoms with Gasteiger partial charge in [-0.25, -0.2) is 0 Å². The molecule has 1 heterocycles. The molecule has 1 aromatic carbocycles. The van der Waals surface area contributed by atoms with Gasteiger partial charge in [-0.2, -0.15) is 0 Å². The number of benzene rings is 1. The molecule has 26 heavy (non-hydrogen) atoms. The summed E-state index contributed by atoms with van der Waals surface area (Å²) in [5.41, 5.74) is 2.86. The quantitative estimate of drug-likeness (QED) is 0.618. The highest BCUT2D eigenvalue weighted by Gasteiger charge is 2.17. The fourth-order valence-corrected chi connectivity index (χ4v) is 3.20. The summed E-state index contributed by atoms with van der Waals surface area (Å²) >= 11 is 0. The number of carbonyl (C=O) groups is 1. The molecule has 2 unspecified atom stereocenters. The van der Waals surface area contributed by atoms with E-state index in [0.29, 0.717) is 18.7 Å². The molecule has 4 N–H and O–H groups in total.